The van der Waals surface area contributed by atoms with Crippen LogP contribution >= 0.6 is 0 Å². The first-order chi connectivity index (χ1) is 26.7. The molecule has 0 aromatic heterocycles. The molecule has 6 aromatic carbocycles. The van der Waals surface area contributed by atoms with Crippen LogP contribution in [0.15, 0.2) is 189 Å². The molecular weight excluding hydrogens is 673 g/mol. The van der Waals surface area contributed by atoms with Crippen molar-refractivity contribution >= 4 is 12.4 Å². The standard InChI is InChI=1S/C49H46N6/c1-46(2,40-21-13-7-14-22-40)42-27-25-38(44(30-42)48(34-50-54-52-48)32-36-17-9-5-10-18-36)29-39-26-28-43(47(3,4)41-23-15-8-16-24-41)31-45(39)49(35-51-55-53-49)33-37-19-11-6-12-20-37/h5-28,30-31,34-35H,29,32-33H2,1-4H3. The molecule has 2 atom stereocenters. The van der Waals surface area contributed by atoms with Crippen LogP contribution in [-0.4, -0.2) is 12.4 Å². The molecule has 2 aliphatic rings. The van der Waals surface area contributed by atoms with E-state index in [9.17, 15) is 0 Å². The summed E-state index contributed by atoms with van der Waals surface area (Å²) in [5.41, 5.74) is 9.71. The van der Waals surface area contributed by atoms with Crippen molar-refractivity contribution in [3.05, 3.63) is 213 Å². The molecule has 0 aliphatic carbocycles. The molecule has 8 rings (SSSR count). The highest BCUT2D eigenvalue weighted by Gasteiger charge is 2.40. The molecule has 0 saturated carbocycles. The van der Waals surface area contributed by atoms with Crippen LogP contribution in [0.1, 0.15) is 83.3 Å². The molecule has 0 radical (unpaired) electrons. The van der Waals surface area contributed by atoms with Gasteiger partial charge in [0.1, 0.15) is 11.1 Å². The van der Waals surface area contributed by atoms with Crippen molar-refractivity contribution in [2.24, 2.45) is 30.9 Å². The van der Waals surface area contributed by atoms with E-state index in [0.717, 1.165) is 22.3 Å². The van der Waals surface area contributed by atoms with Gasteiger partial charge in [0.15, 0.2) is 0 Å². The summed E-state index contributed by atoms with van der Waals surface area (Å²) in [5.74, 6) is 0. The molecule has 55 heavy (non-hydrogen) atoms. The first-order valence-electron chi connectivity index (χ1n) is 19.1. The van der Waals surface area contributed by atoms with Gasteiger partial charge in [-0.1, -0.05) is 185 Å². The second-order valence-electron chi connectivity index (χ2n) is 15.9. The van der Waals surface area contributed by atoms with Crippen molar-refractivity contribution in [1.29, 1.82) is 0 Å². The molecule has 2 aliphatic heterocycles. The number of hydrogen-bond acceptors (Lipinski definition) is 6. The second kappa shape index (κ2) is 14.6. The second-order valence-corrected chi connectivity index (χ2v) is 15.9. The summed E-state index contributed by atoms with van der Waals surface area (Å²) in [6.45, 7) is 9.16. The molecule has 6 nitrogen and oxygen atoms in total. The maximum Gasteiger partial charge on any atom is 0.150 e. The van der Waals surface area contributed by atoms with E-state index >= 15 is 0 Å². The smallest absolute Gasteiger partial charge is 0.150 e. The third-order valence-electron chi connectivity index (χ3n) is 11.7. The van der Waals surface area contributed by atoms with E-state index in [1.807, 2.05) is 24.6 Å². The lowest BCUT2D eigenvalue weighted by Crippen LogP contribution is -2.31. The van der Waals surface area contributed by atoms with Crippen LogP contribution in [0.4, 0.5) is 0 Å². The van der Waals surface area contributed by atoms with E-state index in [2.05, 4.69) is 194 Å². The van der Waals surface area contributed by atoms with E-state index < -0.39 is 11.1 Å². The summed E-state index contributed by atoms with van der Waals surface area (Å²) in [6.07, 6.45) is 5.78. The normalized spacial score (nSPS) is 19.0. The molecule has 6 heteroatoms. The third-order valence-corrected chi connectivity index (χ3v) is 11.7. The van der Waals surface area contributed by atoms with Crippen molar-refractivity contribution in [2.75, 3.05) is 0 Å². The van der Waals surface area contributed by atoms with Crippen LogP contribution < -0.4 is 0 Å². The average molecular weight is 719 g/mol. The fraction of sp³-hybridized carbons (Fsp3) is 0.224. The first kappa shape index (κ1) is 35.9. The van der Waals surface area contributed by atoms with Gasteiger partial charge >= 0.3 is 0 Å². The number of rotatable bonds is 12. The minimum Gasteiger partial charge on any atom is -0.151 e. The molecular formula is C49H46N6. The fourth-order valence-electron chi connectivity index (χ4n) is 8.21. The zero-order valence-electron chi connectivity index (χ0n) is 32.0. The summed E-state index contributed by atoms with van der Waals surface area (Å²) >= 11 is 0. The Balaban J connectivity index is 1.31. The molecule has 0 fully saturated rings. The van der Waals surface area contributed by atoms with Crippen LogP contribution in [0.2, 0.25) is 0 Å². The van der Waals surface area contributed by atoms with Crippen molar-refractivity contribution in [3.63, 3.8) is 0 Å². The van der Waals surface area contributed by atoms with Crippen LogP contribution in [0.3, 0.4) is 0 Å². The van der Waals surface area contributed by atoms with Crippen molar-refractivity contribution in [3.8, 4) is 0 Å². The number of nitrogens with zero attached hydrogens (tertiary/aromatic N) is 6. The Morgan fingerprint density at radius 1 is 0.418 bits per heavy atom. The topological polar surface area (TPSA) is 74.2 Å². The Bertz CT molecular complexity index is 2200. The molecule has 0 amide bonds. The van der Waals surface area contributed by atoms with E-state index in [4.69, 9.17) is 10.2 Å². The summed E-state index contributed by atoms with van der Waals surface area (Å²) in [5, 5.41) is 27.2. The molecule has 0 N–H and O–H groups in total. The molecule has 0 spiro atoms. The van der Waals surface area contributed by atoms with Gasteiger partial charge in [-0.25, -0.2) is 0 Å². The monoisotopic (exact) mass is 718 g/mol. The highest BCUT2D eigenvalue weighted by atomic mass is 15.4. The SMILES string of the molecule is CC(C)(c1ccccc1)c1ccc(Cc2ccc(C(C)(C)c3ccccc3)cc2C2(Cc3ccccc3)C=NN=N2)c(C2(Cc3ccccc3)C=NN=N2)c1. The minimum absolute atomic E-state index is 0.258. The first-order valence-corrected chi connectivity index (χ1v) is 19.1. The third kappa shape index (κ3) is 7.01. The maximum absolute atomic E-state index is 4.93. The van der Waals surface area contributed by atoms with Crippen LogP contribution in [0.25, 0.3) is 0 Å². The predicted molar refractivity (Wildman–Crippen MR) is 223 cm³/mol. The highest BCUT2D eigenvalue weighted by molar-refractivity contribution is 5.78. The van der Waals surface area contributed by atoms with Crippen molar-refractivity contribution < 1.29 is 0 Å². The Kier molecular flexibility index (Phi) is 9.52. The molecule has 6 aromatic rings. The van der Waals surface area contributed by atoms with Gasteiger partial charge in [-0.2, -0.15) is 10.2 Å². The van der Waals surface area contributed by atoms with E-state index in [0.29, 0.717) is 19.3 Å². The Morgan fingerprint density at radius 3 is 1.13 bits per heavy atom. The van der Waals surface area contributed by atoms with Gasteiger partial charge in [0, 0.05) is 23.7 Å². The van der Waals surface area contributed by atoms with Crippen LogP contribution in [0, 0.1) is 0 Å². The molecule has 272 valence electrons. The Hall–Kier alpha value is -6.14. The fourth-order valence-corrected chi connectivity index (χ4v) is 8.21. The molecule has 0 bridgehead atoms. The van der Waals surface area contributed by atoms with Gasteiger partial charge in [0.25, 0.3) is 0 Å². The summed E-state index contributed by atoms with van der Waals surface area (Å²) in [7, 11) is 0. The zero-order chi connectivity index (χ0) is 37.9. The summed E-state index contributed by atoms with van der Waals surface area (Å²) in [6, 6.07) is 56.3. The molecule has 2 unspecified atom stereocenters. The highest BCUT2D eigenvalue weighted by Crippen LogP contribution is 2.43. The van der Waals surface area contributed by atoms with E-state index in [-0.39, 0.29) is 10.8 Å². The van der Waals surface area contributed by atoms with Gasteiger partial charge < -0.3 is 0 Å². The van der Waals surface area contributed by atoms with Gasteiger partial charge in [-0.3, -0.25) is 0 Å². The number of benzene rings is 6. The van der Waals surface area contributed by atoms with Crippen LogP contribution in [-0.2, 0) is 41.2 Å². The molecule has 2 heterocycles. The lowest BCUT2D eigenvalue weighted by Gasteiger charge is -2.32. The van der Waals surface area contributed by atoms with Crippen molar-refractivity contribution in [2.45, 2.75) is 68.9 Å². The van der Waals surface area contributed by atoms with Gasteiger partial charge in [-0.15, -0.1) is 10.2 Å². The quantitative estimate of drug-likeness (QED) is 0.121. The van der Waals surface area contributed by atoms with Crippen molar-refractivity contribution in [1.82, 2.24) is 0 Å². The van der Waals surface area contributed by atoms with Gasteiger partial charge in [0.2, 0.25) is 0 Å². The molecule has 0 saturated heterocycles. The lowest BCUT2D eigenvalue weighted by molar-refractivity contribution is 0.578. The minimum atomic E-state index is -0.773. The Labute approximate surface area is 324 Å². The average Bonchev–Trinajstić information content (AvgIpc) is 3.90. The van der Waals surface area contributed by atoms with Gasteiger partial charge in [-0.05, 0) is 72.5 Å². The summed E-state index contributed by atoms with van der Waals surface area (Å²) < 4.78 is 0. The largest absolute Gasteiger partial charge is 0.151 e. The van der Waals surface area contributed by atoms with E-state index in [1.165, 1.54) is 33.4 Å². The zero-order valence-corrected chi connectivity index (χ0v) is 32.0. The van der Waals surface area contributed by atoms with Crippen LogP contribution in [0.5, 0.6) is 0 Å². The van der Waals surface area contributed by atoms with E-state index in [1.54, 1.807) is 0 Å². The van der Waals surface area contributed by atoms with Gasteiger partial charge in [0.05, 0.1) is 12.4 Å². The summed E-state index contributed by atoms with van der Waals surface area (Å²) in [4.78, 5) is 0. The lowest BCUT2D eigenvalue weighted by atomic mass is 9.72. The Morgan fingerprint density at radius 2 is 0.782 bits per heavy atom. The maximum atomic E-state index is 4.93. The number of hydrogen-bond donors (Lipinski definition) is 0. The predicted octanol–water partition coefficient (Wildman–Crippen LogP) is 11.7.